The van der Waals surface area contributed by atoms with Gasteiger partial charge in [-0.05, 0) is 25.2 Å². The molecule has 1 N–H and O–H groups in total. The van der Waals surface area contributed by atoms with Crippen LogP contribution in [0.3, 0.4) is 0 Å². The third kappa shape index (κ3) is 4.18. The van der Waals surface area contributed by atoms with E-state index in [1.165, 1.54) is 0 Å². The topological polar surface area (TPSA) is 89.1 Å². The highest BCUT2D eigenvalue weighted by molar-refractivity contribution is 5.74. The smallest absolute Gasteiger partial charge is 0.317 e. The van der Waals surface area contributed by atoms with Gasteiger partial charge in [-0.2, -0.15) is 4.98 Å². The molecule has 0 aromatic carbocycles. The van der Waals surface area contributed by atoms with E-state index >= 15 is 0 Å². The predicted molar refractivity (Wildman–Crippen MR) is 91.8 cm³/mol. The fourth-order valence-corrected chi connectivity index (χ4v) is 3.31. The minimum absolute atomic E-state index is 0.0566. The zero-order valence-electron chi connectivity index (χ0n) is 15.1. The van der Waals surface area contributed by atoms with Crippen molar-refractivity contribution in [3.05, 3.63) is 29.9 Å². The largest absolute Gasteiger partial charge is 0.340 e. The van der Waals surface area contributed by atoms with Gasteiger partial charge in [-0.25, -0.2) is 9.78 Å². The van der Waals surface area contributed by atoms with Crippen LogP contribution in [0.1, 0.15) is 49.8 Å². The average molecular weight is 346 g/mol. The lowest BCUT2D eigenvalue weighted by molar-refractivity contribution is 0.160. The number of aromatic nitrogens is 4. The zero-order valence-corrected chi connectivity index (χ0v) is 15.1. The Morgan fingerprint density at radius 2 is 2.36 bits per heavy atom. The lowest BCUT2D eigenvalue weighted by Crippen LogP contribution is -2.47. The van der Waals surface area contributed by atoms with E-state index in [4.69, 9.17) is 4.52 Å². The van der Waals surface area contributed by atoms with Crippen LogP contribution in [-0.2, 0) is 13.5 Å². The van der Waals surface area contributed by atoms with E-state index in [0.717, 1.165) is 44.6 Å². The summed E-state index contributed by atoms with van der Waals surface area (Å²) in [6.07, 6.45) is 7.53. The van der Waals surface area contributed by atoms with Crippen molar-refractivity contribution in [2.45, 2.75) is 45.6 Å². The third-order valence-electron chi connectivity index (χ3n) is 4.76. The van der Waals surface area contributed by atoms with E-state index < -0.39 is 0 Å². The van der Waals surface area contributed by atoms with Gasteiger partial charge in [0.2, 0.25) is 5.89 Å². The second kappa shape index (κ2) is 7.67. The van der Waals surface area contributed by atoms with Gasteiger partial charge < -0.3 is 19.3 Å². The molecule has 1 aliphatic heterocycles. The van der Waals surface area contributed by atoms with Crippen LogP contribution in [0.4, 0.5) is 4.79 Å². The summed E-state index contributed by atoms with van der Waals surface area (Å²) in [5, 5.41) is 6.97. The molecule has 1 fully saturated rings. The molecule has 3 heterocycles. The monoisotopic (exact) mass is 346 g/mol. The van der Waals surface area contributed by atoms with Gasteiger partial charge in [0.15, 0.2) is 5.82 Å². The number of hydrogen-bond donors (Lipinski definition) is 1. The number of rotatable bonds is 5. The number of amides is 2. The van der Waals surface area contributed by atoms with Crippen LogP contribution in [0.2, 0.25) is 0 Å². The fraction of sp³-hybridized carbons (Fsp3) is 0.647. The van der Waals surface area contributed by atoms with Crippen LogP contribution >= 0.6 is 0 Å². The molecule has 25 heavy (non-hydrogen) atoms. The van der Waals surface area contributed by atoms with Crippen LogP contribution in [0, 0.1) is 12.8 Å². The Hall–Kier alpha value is -2.38. The van der Waals surface area contributed by atoms with E-state index in [0.29, 0.717) is 17.6 Å². The van der Waals surface area contributed by atoms with Crippen molar-refractivity contribution in [3.8, 4) is 0 Å². The molecule has 0 saturated carbocycles. The number of likely N-dealkylation sites (tertiary alicyclic amines) is 1. The SMILES string of the molecule is CC[C@@H](NC(=O)N1CCC[C@@H](Cc2nccn2C)C1)c1noc(C)n1. The van der Waals surface area contributed by atoms with Crippen LogP contribution in [-0.4, -0.2) is 43.7 Å². The van der Waals surface area contributed by atoms with Crippen molar-refractivity contribution in [1.82, 2.24) is 29.9 Å². The minimum atomic E-state index is -0.222. The Morgan fingerprint density at radius 3 is 3.00 bits per heavy atom. The van der Waals surface area contributed by atoms with Crippen LogP contribution < -0.4 is 5.32 Å². The number of carbonyl (C=O) groups excluding carboxylic acids is 1. The van der Waals surface area contributed by atoms with Crippen molar-refractivity contribution in [2.75, 3.05) is 13.1 Å². The van der Waals surface area contributed by atoms with E-state index in [-0.39, 0.29) is 12.1 Å². The van der Waals surface area contributed by atoms with Gasteiger partial charge in [0.1, 0.15) is 5.82 Å². The second-order valence-corrected chi connectivity index (χ2v) is 6.69. The maximum absolute atomic E-state index is 12.7. The Morgan fingerprint density at radius 1 is 1.52 bits per heavy atom. The molecule has 0 aliphatic carbocycles. The van der Waals surface area contributed by atoms with E-state index in [1.807, 2.05) is 35.8 Å². The van der Waals surface area contributed by atoms with Gasteiger partial charge in [0, 0.05) is 45.9 Å². The third-order valence-corrected chi connectivity index (χ3v) is 4.76. The Labute approximate surface area is 147 Å². The molecule has 0 bridgehead atoms. The molecule has 2 atom stereocenters. The first-order chi connectivity index (χ1) is 12.1. The van der Waals surface area contributed by atoms with Gasteiger partial charge in [-0.15, -0.1) is 0 Å². The lowest BCUT2D eigenvalue weighted by atomic mass is 9.94. The fourth-order valence-electron chi connectivity index (χ4n) is 3.31. The van der Waals surface area contributed by atoms with Gasteiger partial charge in [0.05, 0.1) is 6.04 Å². The summed E-state index contributed by atoms with van der Waals surface area (Å²) in [6, 6.07) is -0.279. The highest BCUT2D eigenvalue weighted by atomic mass is 16.5. The number of nitrogens with zero attached hydrogens (tertiary/aromatic N) is 5. The Balaban J connectivity index is 1.58. The van der Waals surface area contributed by atoms with Gasteiger partial charge in [0.25, 0.3) is 0 Å². The summed E-state index contributed by atoms with van der Waals surface area (Å²) in [5.41, 5.74) is 0. The number of carbonyl (C=O) groups is 1. The molecule has 1 saturated heterocycles. The predicted octanol–water partition coefficient (Wildman–Crippen LogP) is 2.23. The molecule has 0 unspecified atom stereocenters. The van der Waals surface area contributed by atoms with Gasteiger partial charge >= 0.3 is 6.03 Å². The minimum Gasteiger partial charge on any atom is -0.340 e. The lowest BCUT2D eigenvalue weighted by Gasteiger charge is -2.33. The zero-order chi connectivity index (χ0) is 17.8. The first-order valence-corrected chi connectivity index (χ1v) is 8.88. The van der Waals surface area contributed by atoms with Gasteiger partial charge in [-0.1, -0.05) is 12.1 Å². The van der Waals surface area contributed by atoms with Crippen molar-refractivity contribution >= 4 is 6.03 Å². The Bertz CT molecular complexity index is 710. The van der Waals surface area contributed by atoms with E-state index in [9.17, 15) is 4.79 Å². The number of aryl methyl sites for hydroxylation is 2. The second-order valence-electron chi connectivity index (χ2n) is 6.69. The first-order valence-electron chi connectivity index (χ1n) is 8.88. The van der Waals surface area contributed by atoms with Crippen LogP contribution in [0.5, 0.6) is 0 Å². The van der Waals surface area contributed by atoms with Crippen LogP contribution in [0.15, 0.2) is 16.9 Å². The molecule has 8 nitrogen and oxygen atoms in total. The molecule has 2 amide bonds. The molecule has 1 aliphatic rings. The number of hydrogen-bond acceptors (Lipinski definition) is 5. The van der Waals surface area contributed by atoms with Crippen LogP contribution in [0.25, 0.3) is 0 Å². The number of urea groups is 1. The maximum atomic E-state index is 12.7. The molecule has 0 spiro atoms. The average Bonchev–Trinajstić information content (AvgIpc) is 3.21. The van der Waals surface area contributed by atoms with E-state index in [2.05, 4.69) is 20.4 Å². The maximum Gasteiger partial charge on any atom is 0.317 e. The molecule has 0 radical (unpaired) electrons. The number of piperidine rings is 1. The number of nitrogens with one attached hydrogen (secondary N) is 1. The molecule has 8 heteroatoms. The Kier molecular flexibility index (Phi) is 5.35. The summed E-state index contributed by atoms with van der Waals surface area (Å²) in [7, 11) is 2.01. The van der Waals surface area contributed by atoms with Gasteiger partial charge in [-0.3, -0.25) is 0 Å². The van der Waals surface area contributed by atoms with Crippen molar-refractivity contribution < 1.29 is 9.32 Å². The summed E-state index contributed by atoms with van der Waals surface area (Å²) >= 11 is 0. The standard InChI is InChI=1S/C17H26N6O2/c1-4-14(16-19-12(2)25-21-16)20-17(24)23-8-5-6-13(11-23)10-15-18-7-9-22(15)3/h7,9,13-14H,4-6,8,10-11H2,1-3H3,(H,20,24)/t13-,14+/m0/s1. The van der Waals surface area contributed by atoms with Crippen molar-refractivity contribution in [3.63, 3.8) is 0 Å². The first kappa shape index (κ1) is 17.4. The number of imidazole rings is 1. The normalized spacial score (nSPS) is 19.0. The summed E-state index contributed by atoms with van der Waals surface area (Å²) in [4.78, 5) is 23.2. The highest BCUT2D eigenvalue weighted by Gasteiger charge is 2.27. The quantitative estimate of drug-likeness (QED) is 0.897. The van der Waals surface area contributed by atoms with Crippen molar-refractivity contribution in [2.24, 2.45) is 13.0 Å². The molecule has 3 rings (SSSR count). The van der Waals surface area contributed by atoms with Crippen molar-refractivity contribution in [1.29, 1.82) is 0 Å². The molecular weight excluding hydrogens is 320 g/mol. The summed E-state index contributed by atoms with van der Waals surface area (Å²) in [5.74, 6) is 2.56. The summed E-state index contributed by atoms with van der Waals surface area (Å²) < 4.78 is 7.07. The molecule has 136 valence electrons. The molecular formula is C17H26N6O2. The molecule has 2 aromatic heterocycles. The molecule has 2 aromatic rings. The highest BCUT2D eigenvalue weighted by Crippen LogP contribution is 2.21. The summed E-state index contributed by atoms with van der Waals surface area (Å²) in [6.45, 7) is 5.28. The van der Waals surface area contributed by atoms with E-state index in [1.54, 1.807) is 6.92 Å².